The van der Waals surface area contributed by atoms with E-state index in [0.717, 1.165) is 38.5 Å². The van der Waals surface area contributed by atoms with Crippen LogP contribution in [0.1, 0.15) is 65.7 Å². The lowest BCUT2D eigenvalue weighted by atomic mass is 9.75. The van der Waals surface area contributed by atoms with Crippen LogP contribution < -0.4 is 5.73 Å². The van der Waals surface area contributed by atoms with Crippen molar-refractivity contribution in [3.63, 3.8) is 0 Å². The molecule has 0 amide bonds. The number of carboxylic acids is 1. The van der Waals surface area contributed by atoms with Crippen molar-refractivity contribution >= 4 is 5.97 Å². The zero-order valence-corrected chi connectivity index (χ0v) is 11.0. The van der Waals surface area contributed by atoms with Crippen molar-refractivity contribution in [1.82, 2.24) is 0 Å². The van der Waals surface area contributed by atoms with E-state index < -0.39 is 12.0 Å². The van der Waals surface area contributed by atoms with Gasteiger partial charge >= 0.3 is 5.97 Å². The van der Waals surface area contributed by atoms with Gasteiger partial charge in [0.15, 0.2) is 0 Å². The molecule has 0 aliphatic rings. The second-order valence-corrected chi connectivity index (χ2v) is 5.17. The molecule has 0 saturated carbocycles. The number of hydrogen-bond acceptors (Lipinski definition) is 2. The average Bonchev–Trinajstić information content (AvgIpc) is 2.23. The van der Waals surface area contributed by atoms with E-state index in [1.807, 2.05) is 0 Å². The minimum absolute atomic E-state index is 0.101. The van der Waals surface area contributed by atoms with Gasteiger partial charge in [0.2, 0.25) is 0 Å². The molecule has 0 aromatic carbocycles. The topological polar surface area (TPSA) is 63.3 Å². The van der Waals surface area contributed by atoms with Crippen molar-refractivity contribution in [2.24, 2.45) is 11.1 Å². The molecule has 0 heterocycles. The highest BCUT2D eigenvalue weighted by Gasteiger charge is 2.28. The lowest BCUT2D eigenvalue weighted by Crippen LogP contribution is -2.36. The highest BCUT2D eigenvalue weighted by Crippen LogP contribution is 2.35. The van der Waals surface area contributed by atoms with Crippen molar-refractivity contribution in [2.75, 3.05) is 0 Å². The third-order valence-corrected chi connectivity index (χ3v) is 3.30. The van der Waals surface area contributed by atoms with Crippen molar-refractivity contribution in [3.8, 4) is 0 Å². The van der Waals surface area contributed by atoms with Crippen molar-refractivity contribution in [2.45, 2.75) is 71.8 Å². The Kier molecular flexibility index (Phi) is 7.39. The van der Waals surface area contributed by atoms with Gasteiger partial charge in [-0.2, -0.15) is 0 Å². The maximum atomic E-state index is 10.8. The number of aliphatic carboxylic acids is 1. The molecule has 0 aromatic rings. The fraction of sp³-hybridized carbons (Fsp3) is 0.923. The van der Waals surface area contributed by atoms with Crippen LogP contribution in [0.5, 0.6) is 0 Å². The van der Waals surface area contributed by atoms with Gasteiger partial charge in [0, 0.05) is 0 Å². The first-order valence-electron chi connectivity index (χ1n) is 6.43. The normalized spacial score (nSPS) is 13.8. The molecule has 0 aliphatic carbocycles. The van der Waals surface area contributed by atoms with Crippen molar-refractivity contribution < 1.29 is 9.90 Å². The second kappa shape index (κ2) is 7.66. The Hall–Kier alpha value is -0.570. The first-order valence-corrected chi connectivity index (χ1v) is 6.43. The number of hydrogen-bond donors (Lipinski definition) is 2. The summed E-state index contributed by atoms with van der Waals surface area (Å²) in [5, 5.41) is 8.87. The van der Waals surface area contributed by atoms with E-state index in [-0.39, 0.29) is 5.41 Å². The van der Waals surface area contributed by atoms with Crippen LogP contribution in [-0.4, -0.2) is 17.1 Å². The number of rotatable bonds is 9. The molecule has 3 N–H and O–H groups in total. The summed E-state index contributed by atoms with van der Waals surface area (Å²) in [6.07, 6.45) is 7.41. The average molecular weight is 229 g/mol. The molecular formula is C13H27NO2. The molecule has 0 spiro atoms. The fourth-order valence-electron chi connectivity index (χ4n) is 2.15. The van der Waals surface area contributed by atoms with Crippen LogP contribution in [0.4, 0.5) is 0 Å². The molecule has 1 atom stereocenters. The van der Waals surface area contributed by atoms with E-state index in [2.05, 4.69) is 20.8 Å². The maximum absolute atomic E-state index is 10.8. The molecular weight excluding hydrogens is 202 g/mol. The summed E-state index contributed by atoms with van der Waals surface area (Å²) < 4.78 is 0. The molecule has 0 rings (SSSR count). The number of unbranched alkanes of at least 4 members (excludes halogenated alkanes) is 2. The summed E-state index contributed by atoms with van der Waals surface area (Å²) in [5.74, 6) is -0.876. The highest BCUT2D eigenvalue weighted by atomic mass is 16.4. The van der Waals surface area contributed by atoms with Gasteiger partial charge in [-0.25, -0.2) is 0 Å². The number of carbonyl (C=O) groups is 1. The van der Waals surface area contributed by atoms with Gasteiger partial charge < -0.3 is 10.8 Å². The molecule has 0 radical (unpaired) electrons. The highest BCUT2D eigenvalue weighted by molar-refractivity contribution is 5.73. The van der Waals surface area contributed by atoms with E-state index >= 15 is 0 Å². The van der Waals surface area contributed by atoms with Crippen LogP contribution in [0.15, 0.2) is 0 Å². The molecule has 1 unspecified atom stereocenters. The van der Waals surface area contributed by atoms with Crippen LogP contribution in [-0.2, 0) is 4.79 Å². The van der Waals surface area contributed by atoms with Gasteiger partial charge in [0.05, 0.1) is 0 Å². The summed E-state index contributed by atoms with van der Waals surface area (Å²) in [4.78, 5) is 10.8. The third kappa shape index (κ3) is 6.11. The summed E-state index contributed by atoms with van der Waals surface area (Å²) in [6.45, 7) is 6.51. The van der Waals surface area contributed by atoms with Crippen molar-refractivity contribution in [3.05, 3.63) is 0 Å². The van der Waals surface area contributed by atoms with Crippen LogP contribution in [0.2, 0.25) is 0 Å². The first-order chi connectivity index (χ1) is 7.45. The van der Waals surface area contributed by atoms with Crippen LogP contribution >= 0.6 is 0 Å². The Balaban J connectivity index is 4.32. The molecule has 0 aliphatic heterocycles. The molecule has 3 heteroatoms. The molecule has 0 bridgehead atoms. The lowest BCUT2D eigenvalue weighted by molar-refractivity contribution is -0.139. The molecule has 3 nitrogen and oxygen atoms in total. The number of nitrogens with two attached hydrogens (primary N) is 1. The quantitative estimate of drug-likeness (QED) is 0.638. The third-order valence-electron chi connectivity index (χ3n) is 3.30. The van der Waals surface area contributed by atoms with E-state index in [1.54, 1.807) is 0 Å². The zero-order valence-electron chi connectivity index (χ0n) is 11.0. The lowest BCUT2D eigenvalue weighted by Gasteiger charge is -2.31. The van der Waals surface area contributed by atoms with Crippen LogP contribution in [0.25, 0.3) is 0 Å². The summed E-state index contributed by atoms with van der Waals surface area (Å²) in [5.41, 5.74) is 5.75. The zero-order chi connectivity index (χ0) is 12.6. The first kappa shape index (κ1) is 15.4. The minimum atomic E-state index is -0.876. The van der Waals surface area contributed by atoms with E-state index in [0.29, 0.717) is 6.42 Å². The molecule has 0 saturated heterocycles. The van der Waals surface area contributed by atoms with Gasteiger partial charge in [-0.1, -0.05) is 46.5 Å². The van der Waals surface area contributed by atoms with Crippen LogP contribution in [0, 0.1) is 5.41 Å². The summed E-state index contributed by atoms with van der Waals surface area (Å²) in [6, 6.07) is -0.710. The number of carboxylic acid groups (broad SMARTS) is 1. The monoisotopic (exact) mass is 229 g/mol. The Morgan fingerprint density at radius 3 is 2.00 bits per heavy atom. The van der Waals surface area contributed by atoms with E-state index in [1.165, 1.54) is 0 Å². The SMILES string of the molecule is CCCCC(C)(CCCC)CC(N)C(=O)O. The summed E-state index contributed by atoms with van der Waals surface area (Å²) in [7, 11) is 0. The Morgan fingerprint density at radius 2 is 1.69 bits per heavy atom. The molecule has 96 valence electrons. The standard InChI is InChI=1S/C13H27NO2/c1-4-6-8-13(3,9-7-5-2)10-11(14)12(15)16/h11H,4-10,14H2,1-3H3,(H,15,16). The minimum Gasteiger partial charge on any atom is -0.480 e. The molecule has 0 fully saturated rings. The Bertz CT molecular complexity index is 196. The maximum Gasteiger partial charge on any atom is 0.320 e. The van der Waals surface area contributed by atoms with Gasteiger partial charge in [-0.05, 0) is 24.7 Å². The van der Waals surface area contributed by atoms with E-state index in [9.17, 15) is 4.79 Å². The Morgan fingerprint density at radius 1 is 1.25 bits per heavy atom. The predicted octanol–water partition coefficient (Wildman–Crippen LogP) is 3.18. The predicted molar refractivity (Wildman–Crippen MR) is 67.4 cm³/mol. The van der Waals surface area contributed by atoms with Crippen molar-refractivity contribution in [1.29, 1.82) is 0 Å². The largest absolute Gasteiger partial charge is 0.480 e. The van der Waals surface area contributed by atoms with Gasteiger partial charge in [0.1, 0.15) is 6.04 Å². The Labute approximate surface area is 99.4 Å². The van der Waals surface area contributed by atoms with Crippen LogP contribution in [0.3, 0.4) is 0 Å². The fourth-order valence-corrected chi connectivity index (χ4v) is 2.15. The second-order valence-electron chi connectivity index (χ2n) is 5.17. The molecule has 0 aromatic heterocycles. The van der Waals surface area contributed by atoms with Gasteiger partial charge in [-0.3, -0.25) is 4.79 Å². The smallest absolute Gasteiger partial charge is 0.320 e. The van der Waals surface area contributed by atoms with Gasteiger partial charge in [-0.15, -0.1) is 0 Å². The van der Waals surface area contributed by atoms with Gasteiger partial charge in [0.25, 0.3) is 0 Å². The summed E-state index contributed by atoms with van der Waals surface area (Å²) >= 11 is 0. The molecule has 16 heavy (non-hydrogen) atoms. The van der Waals surface area contributed by atoms with E-state index in [4.69, 9.17) is 10.8 Å².